The van der Waals surface area contributed by atoms with Gasteiger partial charge in [-0.25, -0.2) is 8.78 Å². The molecule has 0 unspecified atom stereocenters. The van der Waals surface area contributed by atoms with Crippen molar-refractivity contribution in [3.63, 3.8) is 0 Å². The molecule has 35 heavy (non-hydrogen) atoms. The molecule has 178 valence electrons. The average Bonchev–Trinajstić information content (AvgIpc) is 2.87. The molecule has 0 spiro atoms. The molecule has 0 bridgehead atoms. The summed E-state index contributed by atoms with van der Waals surface area (Å²) in [5.41, 5.74) is 1.87. The van der Waals surface area contributed by atoms with Crippen molar-refractivity contribution in [3.8, 4) is 17.2 Å². The number of hydrogen-bond donors (Lipinski definition) is 0. The highest BCUT2D eigenvalue weighted by atomic mass is 19.1. The Hall–Kier alpha value is -3.86. The van der Waals surface area contributed by atoms with Gasteiger partial charge in [0.25, 0.3) is 0 Å². The molecule has 4 aromatic rings. The summed E-state index contributed by atoms with van der Waals surface area (Å²) in [5, 5.41) is 1.98. The van der Waals surface area contributed by atoms with E-state index in [1.165, 1.54) is 26.4 Å². The molecule has 0 aliphatic carbocycles. The third kappa shape index (κ3) is 3.72. The van der Waals surface area contributed by atoms with Crippen molar-refractivity contribution in [2.24, 2.45) is 0 Å². The summed E-state index contributed by atoms with van der Waals surface area (Å²) in [4.78, 5) is 0. The first kappa shape index (κ1) is 22.9. The predicted molar refractivity (Wildman–Crippen MR) is 134 cm³/mol. The van der Waals surface area contributed by atoms with E-state index in [1.807, 2.05) is 36.4 Å². The maximum absolute atomic E-state index is 14.9. The van der Waals surface area contributed by atoms with Crippen LogP contribution in [-0.4, -0.2) is 14.2 Å². The maximum Gasteiger partial charge on any atom is 0.178 e. The van der Waals surface area contributed by atoms with Crippen LogP contribution in [-0.2, 0) is 5.60 Å². The van der Waals surface area contributed by atoms with E-state index in [1.54, 1.807) is 24.3 Å². The smallest absolute Gasteiger partial charge is 0.178 e. The van der Waals surface area contributed by atoms with Gasteiger partial charge in [-0.2, -0.15) is 0 Å². The molecule has 3 nitrogen and oxygen atoms in total. The van der Waals surface area contributed by atoms with Crippen LogP contribution < -0.4 is 14.2 Å². The van der Waals surface area contributed by atoms with Gasteiger partial charge in [0, 0.05) is 22.1 Å². The first-order valence-corrected chi connectivity index (χ1v) is 11.5. The minimum Gasteiger partial charge on any atom is -0.494 e. The molecular formula is C30H26F2O3. The summed E-state index contributed by atoms with van der Waals surface area (Å²) in [6.45, 7) is 4.27. The molecule has 5 rings (SSSR count). The fourth-order valence-electron chi connectivity index (χ4n) is 4.78. The summed E-state index contributed by atoms with van der Waals surface area (Å²) in [5.74, 6) is 0.131. The minimum absolute atomic E-state index is 0.123. The van der Waals surface area contributed by atoms with Gasteiger partial charge >= 0.3 is 0 Å². The molecule has 1 heterocycles. The Labute approximate surface area is 203 Å². The Balaban J connectivity index is 1.80. The van der Waals surface area contributed by atoms with Gasteiger partial charge < -0.3 is 14.2 Å². The van der Waals surface area contributed by atoms with Gasteiger partial charge in [0.15, 0.2) is 28.7 Å². The standard InChI is InChI=1S/C30H26F2O3/c1-18(2)24-15-19-7-5-6-8-22(19)29-23(24)13-14-30(35-29,20-9-11-27(33-3)25(31)16-20)21-10-12-28(34-4)26(32)17-21/h5-18H,1-4H3. The fraction of sp³-hybridized carbons (Fsp3) is 0.200. The van der Waals surface area contributed by atoms with Gasteiger partial charge in [0.05, 0.1) is 14.2 Å². The van der Waals surface area contributed by atoms with E-state index in [-0.39, 0.29) is 17.4 Å². The van der Waals surface area contributed by atoms with E-state index in [9.17, 15) is 8.78 Å². The summed E-state index contributed by atoms with van der Waals surface area (Å²) in [6.07, 6.45) is 3.88. The van der Waals surface area contributed by atoms with Gasteiger partial charge in [0.2, 0.25) is 0 Å². The lowest BCUT2D eigenvalue weighted by Gasteiger charge is -2.37. The Morgan fingerprint density at radius 1 is 0.800 bits per heavy atom. The number of ether oxygens (including phenoxy) is 3. The number of fused-ring (bicyclic) bond motifs is 3. The van der Waals surface area contributed by atoms with Crippen LogP contribution in [0, 0.1) is 11.6 Å². The Morgan fingerprint density at radius 2 is 1.40 bits per heavy atom. The monoisotopic (exact) mass is 472 g/mol. The van der Waals surface area contributed by atoms with Crippen LogP contribution in [0.15, 0.2) is 72.8 Å². The second-order valence-corrected chi connectivity index (χ2v) is 8.95. The van der Waals surface area contributed by atoms with Crippen molar-refractivity contribution < 1.29 is 23.0 Å². The van der Waals surface area contributed by atoms with Crippen LogP contribution in [0.2, 0.25) is 0 Å². The largest absolute Gasteiger partial charge is 0.494 e. The Morgan fingerprint density at radius 3 is 1.94 bits per heavy atom. The van der Waals surface area contributed by atoms with Crippen molar-refractivity contribution in [3.05, 3.63) is 107 Å². The van der Waals surface area contributed by atoms with Crippen LogP contribution in [0.25, 0.3) is 16.8 Å². The molecule has 1 aliphatic rings. The molecular weight excluding hydrogens is 446 g/mol. The first-order chi connectivity index (χ1) is 16.9. The number of hydrogen-bond acceptors (Lipinski definition) is 3. The molecule has 1 aliphatic heterocycles. The first-order valence-electron chi connectivity index (χ1n) is 11.5. The third-order valence-corrected chi connectivity index (χ3v) is 6.60. The van der Waals surface area contributed by atoms with E-state index in [4.69, 9.17) is 14.2 Å². The molecule has 0 radical (unpaired) electrons. The maximum atomic E-state index is 14.9. The highest BCUT2D eigenvalue weighted by Gasteiger charge is 2.39. The normalized spacial score (nSPS) is 14.0. The average molecular weight is 473 g/mol. The summed E-state index contributed by atoms with van der Waals surface area (Å²) < 4.78 is 46.9. The van der Waals surface area contributed by atoms with E-state index in [2.05, 4.69) is 19.9 Å². The third-order valence-electron chi connectivity index (χ3n) is 6.60. The molecule has 0 saturated heterocycles. The topological polar surface area (TPSA) is 27.7 Å². The lowest BCUT2D eigenvalue weighted by atomic mass is 9.81. The zero-order valence-corrected chi connectivity index (χ0v) is 20.1. The van der Waals surface area contributed by atoms with Gasteiger partial charge in [-0.15, -0.1) is 0 Å². The number of benzene rings is 4. The van der Waals surface area contributed by atoms with Crippen molar-refractivity contribution in [1.29, 1.82) is 0 Å². The van der Waals surface area contributed by atoms with Gasteiger partial charge in [0.1, 0.15) is 5.75 Å². The van der Waals surface area contributed by atoms with Gasteiger partial charge in [-0.05, 0) is 47.2 Å². The molecule has 5 heteroatoms. The van der Waals surface area contributed by atoms with Crippen molar-refractivity contribution in [1.82, 2.24) is 0 Å². The Kier molecular flexibility index (Phi) is 5.72. The minimum atomic E-state index is -1.27. The van der Waals surface area contributed by atoms with E-state index in [0.29, 0.717) is 16.9 Å². The highest BCUT2D eigenvalue weighted by molar-refractivity contribution is 5.94. The second kappa shape index (κ2) is 8.73. The van der Waals surface area contributed by atoms with Crippen molar-refractivity contribution in [2.75, 3.05) is 14.2 Å². The fourth-order valence-corrected chi connectivity index (χ4v) is 4.78. The van der Waals surface area contributed by atoms with Crippen molar-refractivity contribution >= 4 is 16.8 Å². The number of halogens is 2. The quantitative estimate of drug-likeness (QED) is 0.299. The molecule has 0 N–H and O–H groups in total. The van der Waals surface area contributed by atoms with Gasteiger partial charge in [-0.3, -0.25) is 0 Å². The van der Waals surface area contributed by atoms with E-state index < -0.39 is 17.2 Å². The molecule has 0 amide bonds. The molecule has 0 atom stereocenters. The van der Waals surface area contributed by atoms with Crippen LogP contribution in [0.5, 0.6) is 17.2 Å². The lowest BCUT2D eigenvalue weighted by molar-refractivity contribution is 0.162. The van der Waals surface area contributed by atoms with Crippen LogP contribution in [0.3, 0.4) is 0 Å². The summed E-state index contributed by atoms with van der Waals surface area (Å²) in [6, 6.07) is 19.5. The van der Waals surface area contributed by atoms with Gasteiger partial charge in [-0.1, -0.05) is 62.4 Å². The van der Waals surface area contributed by atoms with Crippen LogP contribution in [0.4, 0.5) is 8.78 Å². The molecule has 0 fully saturated rings. The molecule has 0 aromatic heterocycles. The lowest BCUT2D eigenvalue weighted by Crippen LogP contribution is -2.35. The number of methoxy groups -OCH3 is 2. The Bertz CT molecular complexity index is 1400. The zero-order valence-electron chi connectivity index (χ0n) is 20.1. The van der Waals surface area contributed by atoms with Crippen LogP contribution >= 0.6 is 0 Å². The van der Waals surface area contributed by atoms with Crippen LogP contribution in [0.1, 0.15) is 42.0 Å². The second-order valence-electron chi connectivity index (χ2n) is 8.95. The summed E-state index contributed by atoms with van der Waals surface area (Å²) >= 11 is 0. The SMILES string of the molecule is COc1ccc(C2(c3ccc(OC)c(F)c3)C=Cc3c(C(C)C)cc4ccccc4c3O2)cc1F. The zero-order chi connectivity index (χ0) is 24.7. The summed E-state index contributed by atoms with van der Waals surface area (Å²) in [7, 11) is 2.83. The van der Waals surface area contributed by atoms with E-state index in [0.717, 1.165) is 21.9 Å². The number of rotatable bonds is 5. The molecule has 0 saturated carbocycles. The predicted octanol–water partition coefficient (Wildman–Crippen LogP) is 7.61. The molecule has 4 aromatic carbocycles. The highest BCUT2D eigenvalue weighted by Crippen LogP contribution is 2.48. The van der Waals surface area contributed by atoms with E-state index >= 15 is 0 Å². The van der Waals surface area contributed by atoms with Crippen molar-refractivity contribution in [2.45, 2.75) is 25.4 Å².